The summed E-state index contributed by atoms with van der Waals surface area (Å²) in [5, 5.41) is 3.17. The first kappa shape index (κ1) is 24.1. The predicted molar refractivity (Wildman–Crippen MR) is 124 cm³/mol. The van der Waals surface area contributed by atoms with Gasteiger partial charge in [-0.1, -0.05) is 6.42 Å². The number of piperazine rings is 1. The Morgan fingerprint density at radius 1 is 1.00 bits per heavy atom. The smallest absolute Gasteiger partial charge is 0.253 e. The first-order chi connectivity index (χ1) is 14.4. The molecule has 0 atom stereocenters. The van der Waals surface area contributed by atoms with Gasteiger partial charge < -0.3 is 4.90 Å². The predicted octanol–water partition coefficient (Wildman–Crippen LogP) is 3.01. The van der Waals surface area contributed by atoms with Crippen molar-refractivity contribution in [2.24, 2.45) is 0 Å². The van der Waals surface area contributed by atoms with Crippen molar-refractivity contribution >= 4 is 39.7 Å². The van der Waals surface area contributed by atoms with Crippen molar-refractivity contribution in [3.8, 4) is 0 Å². The molecule has 2 aliphatic heterocycles. The molecule has 0 saturated carbocycles. The zero-order valence-corrected chi connectivity index (χ0v) is 20.1. The first-order valence-corrected chi connectivity index (χ1v) is 12.8. The highest BCUT2D eigenvalue weighted by Gasteiger charge is 2.27. The van der Waals surface area contributed by atoms with Gasteiger partial charge in [-0.25, -0.2) is 13.4 Å². The SMILES string of the molecule is Cc1csc(CN2CCN(C(=O)c3ccc(S(=O)(=O)N4CCCCC4)cc3)CC2)n1.Cl. The Morgan fingerprint density at radius 2 is 1.65 bits per heavy atom. The van der Waals surface area contributed by atoms with Crippen LogP contribution in [-0.4, -0.2) is 72.7 Å². The average Bonchev–Trinajstić information content (AvgIpc) is 3.19. The molecule has 1 aromatic heterocycles. The third-order valence-corrected chi connectivity index (χ3v) is 8.60. The Morgan fingerprint density at radius 3 is 2.23 bits per heavy atom. The number of carbonyl (C=O) groups excluding carboxylic acids is 1. The van der Waals surface area contributed by atoms with Gasteiger partial charge in [-0.05, 0) is 44.0 Å². The second-order valence-corrected chi connectivity index (χ2v) is 10.8. The Labute approximate surface area is 194 Å². The molecule has 0 aliphatic carbocycles. The molecular formula is C21H29ClN4O3S2. The molecule has 2 aromatic rings. The molecule has 4 rings (SSSR count). The van der Waals surface area contributed by atoms with Crippen molar-refractivity contribution in [2.75, 3.05) is 39.3 Å². The van der Waals surface area contributed by atoms with Crippen molar-refractivity contribution in [1.82, 2.24) is 19.1 Å². The fourth-order valence-electron chi connectivity index (χ4n) is 3.98. The summed E-state index contributed by atoms with van der Waals surface area (Å²) in [5.41, 5.74) is 1.59. The van der Waals surface area contributed by atoms with Gasteiger partial charge in [0.1, 0.15) is 5.01 Å². The highest BCUT2D eigenvalue weighted by Crippen LogP contribution is 2.21. The van der Waals surface area contributed by atoms with Crippen molar-refractivity contribution < 1.29 is 13.2 Å². The minimum absolute atomic E-state index is 0. The van der Waals surface area contributed by atoms with Gasteiger partial charge in [-0.3, -0.25) is 9.69 Å². The van der Waals surface area contributed by atoms with E-state index in [2.05, 4.69) is 15.3 Å². The van der Waals surface area contributed by atoms with Gasteiger partial charge in [0.15, 0.2) is 0 Å². The van der Waals surface area contributed by atoms with Gasteiger partial charge in [0.25, 0.3) is 5.91 Å². The number of hydrogen-bond acceptors (Lipinski definition) is 6. The number of thiazole rings is 1. The Bertz CT molecular complexity index is 980. The van der Waals surface area contributed by atoms with Crippen LogP contribution in [0.3, 0.4) is 0 Å². The normalized spacial score (nSPS) is 18.5. The van der Waals surface area contributed by atoms with E-state index in [0.29, 0.717) is 31.7 Å². The molecule has 31 heavy (non-hydrogen) atoms. The average molecular weight is 485 g/mol. The lowest BCUT2D eigenvalue weighted by molar-refractivity contribution is 0.0628. The summed E-state index contributed by atoms with van der Waals surface area (Å²) in [5.74, 6) is -0.0401. The Balaban J connectivity index is 0.00000272. The van der Waals surface area contributed by atoms with E-state index >= 15 is 0 Å². The topological polar surface area (TPSA) is 73.8 Å². The number of benzene rings is 1. The number of aromatic nitrogens is 1. The maximum Gasteiger partial charge on any atom is 0.253 e. The number of sulfonamides is 1. The minimum atomic E-state index is -3.47. The quantitative estimate of drug-likeness (QED) is 0.652. The molecule has 1 aromatic carbocycles. The summed E-state index contributed by atoms with van der Waals surface area (Å²) in [4.78, 5) is 21.8. The molecule has 1 amide bonds. The monoisotopic (exact) mass is 484 g/mol. The van der Waals surface area contributed by atoms with Gasteiger partial charge in [-0.15, -0.1) is 23.7 Å². The van der Waals surface area contributed by atoms with Crippen LogP contribution < -0.4 is 0 Å². The lowest BCUT2D eigenvalue weighted by atomic mass is 10.2. The summed E-state index contributed by atoms with van der Waals surface area (Å²) in [6, 6.07) is 6.42. The molecule has 7 nitrogen and oxygen atoms in total. The highest BCUT2D eigenvalue weighted by atomic mass is 35.5. The van der Waals surface area contributed by atoms with Gasteiger partial charge in [-0.2, -0.15) is 4.31 Å². The summed E-state index contributed by atoms with van der Waals surface area (Å²) in [6.45, 7) is 6.93. The van der Waals surface area contributed by atoms with Crippen LogP contribution in [-0.2, 0) is 16.6 Å². The van der Waals surface area contributed by atoms with E-state index in [-0.39, 0.29) is 23.2 Å². The number of hydrogen-bond donors (Lipinski definition) is 0. The number of rotatable bonds is 5. The van der Waals surface area contributed by atoms with Crippen molar-refractivity contribution in [1.29, 1.82) is 0 Å². The van der Waals surface area contributed by atoms with E-state index in [4.69, 9.17) is 0 Å². The maximum atomic E-state index is 12.9. The molecule has 2 aliphatic rings. The van der Waals surface area contributed by atoms with Crippen molar-refractivity contribution in [3.63, 3.8) is 0 Å². The van der Waals surface area contributed by atoms with Crippen LogP contribution >= 0.6 is 23.7 Å². The van der Waals surface area contributed by atoms with Crippen LogP contribution in [0.4, 0.5) is 0 Å². The maximum absolute atomic E-state index is 12.9. The second kappa shape index (κ2) is 10.4. The number of carbonyl (C=O) groups is 1. The van der Waals surface area contributed by atoms with Crippen LogP contribution in [0, 0.1) is 6.92 Å². The number of amides is 1. The standard InChI is InChI=1S/C21H28N4O3S2.ClH/c1-17-16-29-20(22-17)15-23-11-13-24(14-12-23)21(26)18-5-7-19(8-6-18)30(27,28)25-9-3-2-4-10-25;/h5-8,16H,2-4,9-15H2,1H3;1H. The summed E-state index contributed by atoms with van der Waals surface area (Å²) < 4.78 is 27.1. The zero-order valence-electron chi connectivity index (χ0n) is 17.7. The molecule has 2 saturated heterocycles. The molecular weight excluding hydrogens is 456 g/mol. The van der Waals surface area contributed by atoms with Crippen molar-refractivity contribution in [3.05, 3.63) is 45.9 Å². The molecule has 10 heteroatoms. The molecule has 170 valence electrons. The summed E-state index contributed by atoms with van der Waals surface area (Å²) in [6.07, 6.45) is 2.89. The lowest BCUT2D eigenvalue weighted by Gasteiger charge is -2.34. The van der Waals surface area contributed by atoms with Crippen LogP contribution in [0.5, 0.6) is 0 Å². The van der Waals surface area contributed by atoms with Gasteiger partial charge in [0.2, 0.25) is 10.0 Å². The second-order valence-electron chi connectivity index (χ2n) is 7.94. The number of halogens is 1. The zero-order chi connectivity index (χ0) is 21.1. The molecule has 2 fully saturated rings. The van der Waals surface area contributed by atoms with Crippen LogP contribution in [0.1, 0.15) is 40.3 Å². The van der Waals surface area contributed by atoms with E-state index in [9.17, 15) is 13.2 Å². The van der Waals surface area contributed by atoms with Gasteiger partial charge in [0, 0.05) is 55.9 Å². The number of aryl methyl sites for hydroxylation is 1. The summed E-state index contributed by atoms with van der Waals surface area (Å²) >= 11 is 1.67. The Hall–Kier alpha value is -1.52. The first-order valence-electron chi connectivity index (χ1n) is 10.5. The van der Waals surface area contributed by atoms with Crippen LogP contribution in [0.2, 0.25) is 0 Å². The summed E-state index contributed by atoms with van der Waals surface area (Å²) in [7, 11) is -3.47. The van der Waals surface area contributed by atoms with Crippen molar-refractivity contribution in [2.45, 2.75) is 37.6 Å². The van der Waals surface area contributed by atoms with Crippen LogP contribution in [0.25, 0.3) is 0 Å². The van der Waals surface area contributed by atoms with Crippen LogP contribution in [0.15, 0.2) is 34.5 Å². The third kappa shape index (κ3) is 5.64. The minimum Gasteiger partial charge on any atom is -0.336 e. The van der Waals surface area contributed by atoms with E-state index < -0.39 is 10.0 Å². The van der Waals surface area contributed by atoms with Gasteiger partial charge in [0.05, 0.1) is 11.4 Å². The van der Waals surface area contributed by atoms with E-state index in [0.717, 1.165) is 49.6 Å². The molecule has 0 radical (unpaired) electrons. The number of nitrogens with zero attached hydrogens (tertiary/aromatic N) is 4. The third-order valence-electron chi connectivity index (χ3n) is 5.74. The molecule has 0 bridgehead atoms. The fraction of sp³-hybridized carbons (Fsp3) is 0.524. The van der Waals surface area contributed by atoms with E-state index in [1.54, 1.807) is 39.9 Å². The molecule has 0 spiro atoms. The van der Waals surface area contributed by atoms with Gasteiger partial charge >= 0.3 is 0 Å². The lowest BCUT2D eigenvalue weighted by Crippen LogP contribution is -2.48. The van der Waals surface area contributed by atoms with E-state index in [1.807, 2.05) is 11.8 Å². The van der Waals surface area contributed by atoms with E-state index in [1.165, 1.54) is 0 Å². The number of piperidine rings is 1. The fourth-order valence-corrected chi connectivity index (χ4v) is 6.31. The molecule has 3 heterocycles. The Kier molecular flexibility index (Phi) is 8.09. The molecule has 0 unspecified atom stereocenters. The highest BCUT2D eigenvalue weighted by molar-refractivity contribution is 7.89. The largest absolute Gasteiger partial charge is 0.336 e. The molecule has 0 N–H and O–H groups in total.